The number of thiazole rings is 1. The molecule has 1 heterocycles. The van der Waals surface area contributed by atoms with Crippen LogP contribution in [0.1, 0.15) is 30.3 Å². The summed E-state index contributed by atoms with van der Waals surface area (Å²) in [6, 6.07) is 10.1. The zero-order chi connectivity index (χ0) is 15.2. The largest absolute Gasteiger partial charge is 0.345 e. The number of likely N-dealkylation sites (N-methyl/N-ethyl adjacent to an activating group) is 1. The molecular weight excluding hydrogens is 280 g/mol. The van der Waals surface area contributed by atoms with Crippen LogP contribution in [-0.2, 0) is 11.2 Å². The summed E-state index contributed by atoms with van der Waals surface area (Å²) < 4.78 is 0. The number of aryl methyl sites for hydroxylation is 1. The molecule has 0 atom stereocenters. The van der Waals surface area contributed by atoms with Gasteiger partial charge < -0.3 is 4.90 Å². The van der Waals surface area contributed by atoms with Crippen molar-refractivity contribution in [3.63, 3.8) is 0 Å². The van der Waals surface area contributed by atoms with E-state index in [0.717, 1.165) is 40.5 Å². The molecule has 1 aromatic carbocycles. The lowest BCUT2D eigenvalue weighted by Gasteiger charge is -2.16. The third kappa shape index (κ3) is 4.14. The van der Waals surface area contributed by atoms with E-state index in [2.05, 4.69) is 24.0 Å². The van der Waals surface area contributed by atoms with Gasteiger partial charge in [0.25, 0.3) is 0 Å². The fraction of sp³-hybridized carbons (Fsp3) is 0.412. The number of hydrogen-bond donors (Lipinski definition) is 0. The summed E-state index contributed by atoms with van der Waals surface area (Å²) in [6.07, 6.45) is 2.62. The van der Waals surface area contributed by atoms with Crippen molar-refractivity contribution in [2.45, 2.75) is 33.1 Å². The van der Waals surface area contributed by atoms with E-state index in [-0.39, 0.29) is 5.91 Å². The number of carbonyl (C=O) groups is 1. The van der Waals surface area contributed by atoms with E-state index >= 15 is 0 Å². The van der Waals surface area contributed by atoms with Gasteiger partial charge in [0.2, 0.25) is 5.91 Å². The van der Waals surface area contributed by atoms with Crippen molar-refractivity contribution in [3.8, 4) is 10.6 Å². The van der Waals surface area contributed by atoms with E-state index in [4.69, 9.17) is 0 Å². The molecule has 0 bridgehead atoms. The molecule has 0 radical (unpaired) electrons. The van der Waals surface area contributed by atoms with Gasteiger partial charge in [0.15, 0.2) is 0 Å². The van der Waals surface area contributed by atoms with Gasteiger partial charge in [-0.2, -0.15) is 0 Å². The highest BCUT2D eigenvalue weighted by molar-refractivity contribution is 7.15. The molecule has 0 saturated heterocycles. The first-order chi connectivity index (χ1) is 10.1. The maximum Gasteiger partial charge on any atom is 0.227 e. The Kier molecular flexibility index (Phi) is 5.51. The van der Waals surface area contributed by atoms with E-state index < -0.39 is 0 Å². The minimum atomic E-state index is 0.176. The second-order valence-corrected chi connectivity index (χ2v) is 6.32. The van der Waals surface area contributed by atoms with Crippen molar-refractivity contribution >= 4 is 17.2 Å². The zero-order valence-electron chi connectivity index (χ0n) is 12.9. The number of benzene rings is 1. The summed E-state index contributed by atoms with van der Waals surface area (Å²) in [6.45, 7) is 4.95. The van der Waals surface area contributed by atoms with Gasteiger partial charge in [-0.1, -0.05) is 43.7 Å². The second kappa shape index (κ2) is 7.36. The number of nitrogens with zero attached hydrogens (tertiary/aromatic N) is 2. The third-order valence-electron chi connectivity index (χ3n) is 3.50. The summed E-state index contributed by atoms with van der Waals surface area (Å²) in [7, 11) is 1.88. The van der Waals surface area contributed by atoms with Crippen LogP contribution < -0.4 is 0 Å². The number of aromatic nitrogens is 1. The molecule has 4 heteroatoms. The van der Waals surface area contributed by atoms with Crippen LogP contribution in [0.5, 0.6) is 0 Å². The topological polar surface area (TPSA) is 33.2 Å². The summed E-state index contributed by atoms with van der Waals surface area (Å²) in [5.41, 5.74) is 2.08. The smallest absolute Gasteiger partial charge is 0.227 e. The molecule has 2 rings (SSSR count). The minimum Gasteiger partial charge on any atom is -0.345 e. The lowest BCUT2D eigenvalue weighted by atomic mass is 10.2. The van der Waals surface area contributed by atoms with Crippen molar-refractivity contribution in [1.82, 2.24) is 9.88 Å². The van der Waals surface area contributed by atoms with Crippen LogP contribution in [-0.4, -0.2) is 29.4 Å². The monoisotopic (exact) mass is 302 g/mol. The van der Waals surface area contributed by atoms with Crippen LogP contribution in [0.3, 0.4) is 0 Å². The number of amides is 1. The molecule has 0 spiro atoms. The molecule has 0 aliphatic heterocycles. The van der Waals surface area contributed by atoms with Crippen LogP contribution in [0, 0.1) is 6.92 Å². The Hall–Kier alpha value is -1.68. The molecule has 2 aromatic rings. The van der Waals surface area contributed by atoms with Gasteiger partial charge in [-0.3, -0.25) is 4.79 Å². The molecule has 3 nitrogen and oxygen atoms in total. The highest BCUT2D eigenvalue weighted by Crippen LogP contribution is 2.28. The summed E-state index contributed by atoms with van der Waals surface area (Å²) >= 11 is 1.62. The Labute approximate surface area is 130 Å². The van der Waals surface area contributed by atoms with Gasteiger partial charge in [0.05, 0.1) is 12.1 Å². The molecule has 1 amide bonds. The van der Waals surface area contributed by atoms with Gasteiger partial charge >= 0.3 is 0 Å². The first-order valence-electron chi connectivity index (χ1n) is 7.37. The average molecular weight is 302 g/mol. The van der Waals surface area contributed by atoms with Gasteiger partial charge in [-0.25, -0.2) is 4.98 Å². The number of rotatable bonds is 6. The van der Waals surface area contributed by atoms with Gasteiger partial charge in [-0.05, 0) is 13.3 Å². The van der Waals surface area contributed by atoms with Crippen LogP contribution in [0.4, 0.5) is 0 Å². The Morgan fingerprint density at radius 3 is 2.67 bits per heavy atom. The molecule has 0 unspecified atom stereocenters. The van der Waals surface area contributed by atoms with Crippen LogP contribution in [0.15, 0.2) is 30.3 Å². The number of unbranched alkanes of at least 4 members (excludes halogenated alkanes) is 1. The minimum absolute atomic E-state index is 0.176. The highest BCUT2D eigenvalue weighted by atomic mass is 32.1. The lowest BCUT2D eigenvalue weighted by Crippen LogP contribution is -2.29. The van der Waals surface area contributed by atoms with Gasteiger partial charge in [0.1, 0.15) is 5.01 Å². The predicted molar refractivity (Wildman–Crippen MR) is 88.5 cm³/mol. The van der Waals surface area contributed by atoms with Gasteiger partial charge in [-0.15, -0.1) is 11.3 Å². The van der Waals surface area contributed by atoms with Crippen molar-refractivity contribution < 1.29 is 4.79 Å². The number of hydrogen-bond acceptors (Lipinski definition) is 3. The molecule has 0 aliphatic carbocycles. The maximum atomic E-state index is 12.2. The molecular formula is C17H22N2OS. The summed E-state index contributed by atoms with van der Waals surface area (Å²) in [5.74, 6) is 0.176. The summed E-state index contributed by atoms with van der Waals surface area (Å²) in [4.78, 5) is 19.7. The molecule has 21 heavy (non-hydrogen) atoms. The molecule has 112 valence electrons. The fourth-order valence-electron chi connectivity index (χ4n) is 2.09. The zero-order valence-corrected chi connectivity index (χ0v) is 13.7. The maximum absolute atomic E-state index is 12.2. The Morgan fingerprint density at radius 2 is 2.00 bits per heavy atom. The third-order valence-corrected chi connectivity index (χ3v) is 4.70. The van der Waals surface area contributed by atoms with E-state index in [1.807, 2.05) is 37.1 Å². The van der Waals surface area contributed by atoms with Gasteiger partial charge in [0, 0.05) is 24.0 Å². The molecule has 1 aromatic heterocycles. The Bertz CT molecular complexity index is 592. The van der Waals surface area contributed by atoms with E-state index in [1.54, 1.807) is 11.3 Å². The van der Waals surface area contributed by atoms with E-state index in [0.29, 0.717) is 6.42 Å². The molecule has 0 fully saturated rings. The normalized spacial score (nSPS) is 10.6. The van der Waals surface area contributed by atoms with Crippen LogP contribution in [0.2, 0.25) is 0 Å². The van der Waals surface area contributed by atoms with E-state index in [1.165, 1.54) is 0 Å². The molecule has 0 saturated carbocycles. The van der Waals surface area contributed by atoms with Crippen LogP contribution in [0.25, 0.3) is 10.6 Å². The van der Waals surface area contributed by atoms with Crippen molar-refractivity contribution in [2.75, 3.05) is 13.6 Å². The quantitative estimate of drug-likeness (QED) is 0.810. The Morgan fingerprint density at radius 1 is 1.29 bits per heavy atom. The predicted octanol–water partition coefficient (Wildman–Crippen LogP) is 3.92. The highest BCUT2D eigenvalue weighted by Gasteiger charge is 2.15. The number of carbonyl (C=O) groups excluding carboxylic acids is 1. The summed E-state index contributed by atoms with van der Waals surface area (Å²) in [5, 5.41) is 0.993. The average Bonchev–Trinajstić information content (AvgIpc) is 2.86. The first-order valence-corrected chi connectivity index (χ1v) is 8.19. The molecule has 0 aliphatic rings. The fourth-order valence-corrected chi connectivity index (χ4v) is 3.15. The Balaban J connectivity index is 2.08. The lowest BCUT2D eigenvalue weighted by molar-refractivity contribution is -0.129. The van der Waals surface area contributed by atoms with Crippen molar-refractivity contribution in [3.05, 3.63) is 40.9 Å². The van der Waals surface area contributed by atoms with E-state index in [9.17, 15) is 4.79 Å². The SMILES string of the molecule is CCCCN(C)C(=O)Cc1sc(-c2ccccc2)nc1C. The first kappa shape index (κ1) is 15.7. The van der Waals surface area contributed by atoms with Crippen molar-refractivity contribution in [2.24, 2.45) is 0 Å². The standard InChI is InChI=1S/C17H22N2OS/c1-4-5-11-19(3)16(20)12-15-13(2)18-17(21-15)14-9-7-6-8-10-14/h6-10H,4-5,11-12H2,1-3H3. The molecule has 0 N–H and O–H groups in total. The van der Waals surface area contributed by atoms with Crippen LogP contribution >= 0.6 is 11.3 Å². The van der Waals surface area contributed by atoms with Crippen molar-refractivity contribution in [1.29, 1.82) is 0 Å². The second-order valence-electron chi connectivity index (χ2n) is 5.24.